The van der Waals surface area contributed by atoms with Crippen molar-refractivity contribution in [2.75, 3.05) is 17.3 Å². The van der Waals surface area contributed by atoms with Gasteiger partial charge in [-0.3, -0.25) is 0 Å². The van der Waals surface area contributed by atoms with Gasteiger partial charge in [-0.15, -0.1) is 0 Å². The van der Waals surface area contributed by atoms with Gasteiger partial charge in [0.2, 0.25) is 0 Å². The molecule has 0 aromatic carbocycles. The topological polar surface area (TPSA) is 96.1 Å². The van der Waals surface area contributed by atoms with Crippen molar-refractivity contribution in [3.05, 3.63) is 11.9 Å². The average Bonchev–Trinajstić information content (AvgIpc) is 2.29. The highest BCUT2D eigenvalue weighted by Crippen LogP contribution is 2.12. The van der Waals surface area contributed by atoms with Crippen LogP contribution < -0.4 is 16.6 Å². The van der Waals surface area contributed by atoms with Gasteiger partial charge < -0.3 is 15.8 Å². The van der Waals surface area contributed by atoms with Crippen LogP contribution in [0.1, 0.15) is 26.1 Å². The van der Waals surface area contributed by atoms with E-state index >= 15 is 0 Å². The number of rotatable bonds is 6. The van der Waals surface area contributed by atoms with Gasteiger partial charge >= 0.3 is 0 Å². The molecule has 6 nitrogen and oxygen atoms in total. The van der Waals surface area contributed by atoms with E-state index in [-0.39, 0.29) is 12.6 Å². The Labute approximate surface area is 95.3 Å². The lowest BCUT2D eigenvalue weighted by atomic mass is 10.3. The summed E-state index contributed by atoms with van der Waals surface area (Å²) in [5.41, 5.74) is 2.50. The van der Waals surface area contributed by atoms with E-state index in [4.69, 9.17) is 10.9 Å². The Hall–Kier alpha value is -1.40. The number of nitrogen functional groups attached to an aromatic ring is 1. The van der Waals surface area contributed by atoms with Crippen LogP contribution in [0.2, 0.25) is 0 Å². The fourth-order valence-electron chi connectivity index (χ4n) is 1.28. The standard InChI is InChI=1S/C10H19N5O/c1-3-4-8-13-9(12-7(2)6-16)5-10(14-8)15-11/h5,7,16H,3-4,6,11H2,1-2H3,(H2,12,13,14,15). The van der Waals surface area contributed by atoms with E-state index in [1.807, 2.05) is 6.92 Å². The molecular weight excluding hydrogens is 206 g/mol. The molecule has 16 heavy (non-hydrogen) atoms. The van der Waals surface area contributed by atoms with Crippen LogP contribution in [-0.4, -0.2) is 27.7 Å². The number of nitrogens with two attached hydrogens (primary N) is 1. The summed E-state index contributed by atoms with van der Waals surface area (Å²) in [4.78, 5) is 8.56. The number of nitrogens with zero attached hydrogens (tertiary/aromatic N) is 2. The lowest BCUT2D eigenvalue weighted by Crippen LogP contribution is -2.21. The van der Waals surface area contributed by atoms with Crippen LogP contribution in [-0.2, 0) is 6.42 Å². The van der Waals surface area contributed by atoms with Crippen LogP contribution in [0, 0.1) is 0 Å². The molecule has 0 saturated carbocycles. The van der Waals surface area contributed by atoms with Gasteiger partial charge in [-0.25, -0.2) is 15.8 Å². The van der Waals surface area contributed by atoms with Crippen molar-refractivity contribution in [3.8, 4) is 0 Å². The maximum Gasteiger partial charge on any atom is 0.145 e. The first kappa shape index (κ1) is 12.7. The third kappa shape index (κ3) is 3.63. The molecule has 0 fully saturated rings. The summed E-state index contributed by atoms with van der Waals surface area (Å²) < 4.78 is 0. The molecule has 0 amide bonds. The Kier molecular flexibility index (Phi) is 4.94. The van der Waals surface area contributed by atoms with Gasteiger partial charge in [-0.05, 0) is 13.3 Å². The van der Waals surface area contributed by atoms with Crippen molar-refractivity contribution >= 4 is 11.6 Å². The highest BCUT2D eigenvalue weighted by Gasteiger charge is 2.05. The fraction of sp³-hybridized carbons (Fsp3) is 0.600. The van der Waals surface area contributed by atoms with E-state index in [0.29, 0.717) is 11.6 Å². The smallest absolute Gasteiger partial charge is 0.145 e. The van der Waals surface area contributed by atoms with Crippen LogP contribution in [0.4, 0.5) is 11.6 Å². The largest absolute Gasteiger partial charge is 0.394 e. The van der Waals surface area contributed by atoms with E-state index in [1.54, 1.807) is 6.07 Å². The van der Waals surface area contributed by atoms with Gasteiger partial charge in [0, 0.05) is 18.5 Å². The van der Waals surface area contributed by atoms with Crippen molar-refractivity contribution in [1.29, 1.82) is 0 Å². The molecule has 0 saturated heterocycles. The SMILES string of the molecule is CCCc1nc(NN)cc(NC(C)CO)n1. The molecule has 0 bridgehead atoms. The van der Waals surface area contributed by atoms with E-state index in [2.05, 4.69) is 27.6 Å². The number of aromatic nitrogens is 2. The Bertz CT molecular complexity index is 331. The first-order chi connectivity index (χ1) is 7.69. The number of aliphatic hydroxyl groups is 1. The number of anilines is 2. The number of aliphatic hydroxyl groups excluding tert-OH is 1. The predicted octanol–water partition coefficient (Wildman–Crippen LogP) is 0.507. The highest BCUT2D eigenvalue weighted by molar-refractivity contribution is 5.47. The zero-order valence-electron chi connectivity index (χ0n) is 9.70. The molecule has 90 valence electrons. The van der Waals surface area contributed by atoms with Crippen LogP contribution in [0.25, 0.3) is 0 Å². The van der Waals surface area contributed by atoms with E-state index in [1.165, 1.54) is 0 Å². The molecule has 0 radical (unpaired) electrons. The first-order valence-electron chi connectivity index (χ1n) is 5.41. The minimum absolute atomic E-state index is 0.0463. The summed E-state index contributed by atoms with van der Waals surface area (Å²) in [6.07, 6.45) is 1.78. The van der Waals surface area contributed by atoms with Gasteiger partial charge in [-0.1, -0.05) is 6.92 Å². The second kappa shape index (κ2) is 6.24. The average molecular weight is 225 g/mol. The predicted molar refractivity (Wildman–Crippen MR) is 64.0 cm³/mol. The van der Waals surface area contributed by atoms with Crippen LogP contribution in [0.3, 0.4) is 0 Å². The molecule has 1 aromatic heterocycles. The number of nitrogens with one attached hydrogen (secondary N) is 2. The summed E-state index contributed by atoms with van der Waals surface area (Å²) >= 11 is 0. The molecule has 0 aliphatic rings. The highest BCUT2D eigenvalue weighted by atomic mass is 16.3. The molecule has 1 atom stereocenters. The maximum absolute atomic E-state index is 8.95. The zero-order chi connectivity index (χ0) is 12.0. The summed E-state index contributed by atoms with van der Waals surface area (Å²) in [6, 6.07) is 1.67. The number of hydrogen-bond acceptors (Lipinski definition) is 6. The Morgan fingerprint density at radius 3 is 2.69 bits per heavy atom. The fourth-order valence-corrected chi connectivity index (χ4v) is 1.28. The maximum atomic E-state index is 8.95. The van der Waals surface area contributed by atoms with Gasteiger partial charge in [0.05, 0.1) is 6.61 Å². The molecule has 5 N–H and O–H groups in total. The number of hydrazine groups is 1. The van der Waals surface area contributed by atoms with Crippen molar-refractivity contribution in [1.82, 2.24) is 9.97 Å². The zero-order valence-corrected chi connectivity index (χ0v) is 9.70. The first-order valence-corrected chi connectivity index (χ1v) is 5.41. The third-order valence-corrected chi connectivity index (χ3v) is 2.06. The van der Waals surface area contributed by atoms with Crippen LogP contribution in [0.15, 0.2) is 6.07 Å². The molecule has 0 spiro atoms. The van der Waals surface area contributed by atoms with Crippen LogP contribution in [0.5, 0.6) is 0 Å². The van der Waals surface area contributed by atoms with Crippen molar-refractivity contribution < 1.29 is 5.11 Å². The van der Waals surface area contributed by atoms with E-state index < -0.39 is 0 Å². The lowest BCUT2D eigenvalue weighted by molar-refractivity contribution is 0.281. The summed E-state index contributed by atoms with van der Waals surface area (Å²) in [7, 11) is 0. The van der Waals surface area contributed by atoms with Crippen molar-refractivity contribution in [3.63, 3.8) is 0 Å². The molecule has 1 rings (SSSR count). The third-order valence-electron chi connectivity index (χ3n) is 2.06. The van der Waals surface area contributed by atoms with Gasteiger partial charge in [0.1, 0.15) is 17.5 Å². The minimum atomic E-state index is -0.0463. The molecular formula is C10H19N5O. The van der Waals surface area contributed by atoms with Crippen molar-refractivity contribution in [2.24, 2.45) is 5.84 Å². The molecule has 1 aromatic rings. The van der Waals surface area contributed by atoms with Crippen LogP contribution >= 0.6 is 0 Å². The normalized spacial score (nSPS) is 12.2. The lowest BCUT2D eigenvalue weighted by Gasteiger charge is -2.13. The van der Waals surface area contributed by atoms with E-state index in [0.717, 1.165) is 18.7 Å². The second-order valence-electron chi connectivity index (χ2n) is 3.68. The molecule has 1 unspecified atom stereocenters. The number of aryl methyl sites for hydroxylation is 1. The second-order valence-corrected chi connectivity index (χ2v) is 3.68. The summed E-state index contributed by atoms with van der Waals surface area (Å²) in [5.74, 6) is 7.32. The summed E-state index contributed by atoms with van der Waals surface area (Å²) in [6.45, 7) is 3.99. The Morgan fingerprint density at radius 2 is 2.12 bits per heavy atom. The van der Waals surface area contributed by atoms with Gasteiger partial charge in [0.25, 0.3) is 0 Å². The van der Waals surface area contributed by atoms with Gasteiger partial charge in [-0.2, -0.15) is 0 Å². The van der Waals surface area contributed by atoms with E-state index in [9.17, 15) is 0 Å². The monoisotopic (exact) mass is 225 g/mol. The Balaban J connectivity index is 2.85. The molecule has 0 aliphatic carbocycles. The molecule has 0 aliphatic heterocycles. The Morgan fingerprint density at radius 1 is 1.44 bits per heavy atom. The minimum Gasteiger partial charge on any atom is -0.394 e. The number of hydrogen-bond donors (Lipinski definition) is 4. The molecule has 6 heteroatoms. The van der Waals surface area contributed by atoms with Gasteiger partial charge in [0.15, 0.2) is 0 Å². The van der Waals surface area contributed by atoms with Crippen molar-refractivity contribution in [2.45, 2.75) is 32.7 Å². The summed E-state index contributed by atoms with van der Waals surface area (Å²) in [5, 5.41) is 12.0. The quantitative estimate of drug-likeness (QED) is 0.416. The molecule has 1 heterocycles.